The second-order valence-corrected chi connectivity index (χ2v) is 19.0. The Morgan fingerprint density at radius 3 is 1.47 bits per heavy atom. The Hall–Kier alpha value is -1.63. The van der Waals surface area contributed by atoms with Crippen molar-refractivity contribution in [2.24, 2.45) is 0 Å². The average Bonchev–Trinajstić information content (AvgIpc) is 3.29. The van der Waals surface area contributed by atoms with Gasteiger partial charge in [-0.3, -0.25) is 4.79 Å². The van der Waals surface area contributed by atoms with Gasteiger partial charge in [0.05, 0.1) is 25.4 Å². The molecule has 0 aromatic carbocycles. The van der Waals surface area contributed by atoms with Crippen molar-refractivity contribution in [2.45, 2.75) is 288 Å². The van der Waals surface area contributed by atoms with E-state index < -0.39 is 61.5 Å². The lowest BCUT2D eigenvalue weighted by Gasteiger charge is -2.40. The van der Waals surface area contributed by atoms with Gasteiger partial charge >= 0.3 is 0 Å². The van der Waals surface area contributed by atoms with E-state index in [1.165, 1.54) is 186 Å². The molecule has 1 aliphatic rings. The first-order valence-corrected chi connectivity index (χ1v) is 26.7. The lowest BCUT2D eigenvalue weighted by atomic mass is 9.99. The van der Waals surface area contributed by atoms with Gasteiger partial charge in [0.1, 0.15) is 24.4 Å². The van der Waals surface area contributed by atoms with Crippen molar-refractivity contribution in [3.63, 3.8) is 0 Å². The SMILES string of the molecule is CCCCCCCCCCCCC=C(C)CCCCCCCCCCCC=CC(O)C(COC1OC(CO)C(O)C(O)C1O)NC(=O)C(O)C=CCCCCCCCCCCCCC. The number of allylic oxidation sites excluding steroid dienone is 4. The van der Waals surface area contributed by atoms with Crippen LogP contribution in [0.2, 0.25) is 0 Å². The predicted octanol–water partition coefficient (Wildman–Crippen LogP) is 11.4. The summed E-state index contributed by atoms with van der Waals surface area (Å²) in [7, 11) is 0. The van der Waals surface area contributed by atoms with Crippen LogP contribution in [0.15, 0.2) is 36.0 Å². The van der Waals surface area contributed by atoms with Gasteiger partial charge < -0.3 is 45.4 Å². The molecule has 10 heteroatoms. The van der Waals surface area contributed by atoms with Crippen molar-refractivity contribution in [2.75, 3.05) is 13.2 Å². The molecule has 0 aromatic rings. The smallest absolute Gasteiger partial charge is 0.253 e. The van der Waals surface area contributed by atoms with Crippen LogP contribution < -0.4 is 5.32 Å². The lowest BCUT2D eigenvalue weighted by molar-refractivity contribution is -0.302. The zero-order valence-electron chi connectivity index (χ0n) is 41.4. The molecule has 8 atom stereocenters. The Morgan fingerprint density at radius 2 is 1.00 bits per heavy atom. The van der Waals surface area contributed by atoms with Crippen LogP contribution in [0.4, 0.5) is 0 Å². The van der Waals surface area contributed by atoms with E-state index in [4.69, 9.17) is 9.47 Å². The zero-order valence-corrected chi connectivity index (χ0v) is 41.4. The topological polar surface area (TPSA) is 169 Å². The fourth-order valence-electron chi connectivity index (χ4n) is 8.49. The number of aliphatic hydroxyl groups excluding tert-OH is 6. The Morgan fingerprint density at radius 1 is 0.578 bits per heavy atom. The van der Waals surface area contributed by atoms with Gasteiger partial charge in [-0.2, -0.15) is 0 Å². The minimum Gasteiger partial charge on any atom is -0.394 e. The average molecular weight is 908 g/mol. The highest BCUT2D eigenvalue weighted by molar-refractivity contribution is 5.82. The molecule has 8 unspecified atom stereocenters. The molecule has 376 valence electrons. The van der Waals surface area contributed by atoms with Crippen LogP contribution in [0, 0.1) is 0 Å². The fraction of sp³-hybridized carbons (Fsp3) is 0.870. The Labute approximate surface area is 392 Å². The highest BCUT2D eigenvalue weighted by atomic mass is 16.7. The molecule has 1 amide bonds. The quantitative estimate of drug-likeness (QED) is 0.0232. The van der Waals surface area contributed by atoms with Gasteiger partial charge in [0.15, 0.2) is 12.4 Å². The van der Waals surface area contributed by atoms with E-state index in [0.29, 0.717) is 0 Å². The van der Waals surface area contributed by atoms with Crippen molar-refractivity contribution in [3.05, 3.63) is 36.0 Å². The second kappa shape index (κ2) is 42.7. The molecule has 0 radical (unpaired) electrons. The monoisotopic (exact) mass is 908 g/mol. The third-order valence-corrected chi connectivity index (χ3v) is 12.9. The summed E-state index contributed by atoms with van der Waals surface area (Å²) in [5, 5.41) is 64.7. The summed E-state index contributed by atoms with van der Waals surface area (Å²) in [6, 6.07) is -1.01. The van der Waals surface area contributed by atoms with E-state index in [1.807, 2.05) is 12.2 Å². The summed E-state index contributed by atoms with van der Waals surface area (Å²) in [4.78, 5) is 13.0. The number of nitrogens with one attached hydrogen (secondary N) is 1. The number of hydrogen-bond donors (Lipinski definition) is 7. The normalized spacial score (nSPS) is 21.0. The number of aliphatic hydroxyl groups is 6. The Kier molecular flexibility index (Phi) is 40.3. The molecule has 1 fully saturated rings. The highest BCUT2D eigenvalue weighted by Crippen LogP contribution is 2.23. The van der Waals surface area contributed by atoms with Gasteiger partial charge in [0.2, 0.25) is 0 Å². The minimum absolute atomic E-state index is 0.329. The van der Waals surface area contributed by atoms with Gasteiger partial charge in [-0.25, -0.2) is 0 Å². The van der Waals surface area contributed by atoms with E-state index >= 15 is 0 Å². The van der Waals surface area contributed by atoms with Crippen LogP contribution in [0.3, 0.4) is 0 Å². The maximum absolute atomic E-state index is 13.0. The molecule has 0 aliphatic carbocycles. The van der Waals surface area contributed by atoms with Gasteiger partial charge in [-0.15, -0.1) is 0 Å². The Bertz CT molecular complexity index is 1150. The lowest BCUT2D eigenvalue weighted by Crippen LogP contribution is -2.60. The number of ether oxygens (including phenoxy) is 2. The first-order valence-electron chi connectivity index (χ1n) is 26.7. The molecule has 7 N–H and O–H groups in total. The van der Waals surface area contributed by atoms with E-state index in [1.54, 1.807) is 11.6 Å². The van der Waals surface area contributed by atoms with Crippen molar-refractivity contribution in [1.29, 1.82) is 0 Å². The molecular weight excluding hydrogens is 807 g/mol. The zero-order chi connectivity index (χ0) is 46.9. The summed E-state index contributed by atoms with van der Waals surface area (Å²) < 4.78 is 11.1. The number of hydrogen-bond acceptors (Lipinski definition) is 9. The molecule has 1 aliphatic heterocycles. The van der Waals surface area contributed by atoms with Crippen molar-refractivity contribution >= 4 is 5.91 Å². The van der Waals surface area contributed by atoms with E-state index in [9.17, 15) is 35.4 Å². The minimum atomic E-state index is -1.62. The van der Waals surface area contributed by atoms with Crippen LogP contribution >= 0.6 is 0 Å². The molecule has 1 heterocycles. The molecule has 64 heavy (non-hydrogen) atoms. The van der Waals surface area contributed by atoms with Crippen molar-refractivity contribution < 1.29 is 44.9 Å². The maximum Gasteiger partial charge on any atom is 0.253 e. The highest BCUT2D eigenvalue weighted by Gasteiger charge is 2.44. The van der Waals surface area contributed by atoms with E-state index in [2.05, 4.69) is 32.2 Å². The number of carbonyl (C=O) groups excluding carboxylic acids is 1. The largest absolute Gasteiger partial charge is 0.394 e. The molecule has 0 bridgehead atoms. The van der Waals surface area contributed by atoms with Crippen LogP contribution in [-0.2, 0) is 14.3 Å². The maximum atomic E-state index is 13.0. The van der Waals surface area contributed by atoms with Gasteiger partial charge in [-0.1, -0.05) is 217 Å². The number of carbonyl (C=O) groups is 1. The standard InChI is InChI=1S/C54H101NO9/c1-4-6-8-10-12-14-16-17-21-26-30-34-38-42-48(58)53(62)55-46(44-63-54-52(61)51(60)50(59)49(43-56)64-54)47(57)41-37-33-29-25-22-18-20-24-28-32-36-40-45(3)39-35-31-27-23-19-15-13-11-9-7-5-2/h37-39,41-42,46-52,54,56-61H,4-36,40,43-44H2,1-3H3,(H,55,62). The van der Waals surface area contributed by atoms with Crippen LogP contribution in [0.25, 0.3) is 0 Å². The molecule has 0 saturated carbocycles. The molecule has 0 spiro atoms. The molecule has 0 aromatic heterocycles. The number of unbranched alkanes of at least 4 members (excludes halogenated alkanes) is 30. The summed E-state index contributed by atoms with van der Waals surface area (Å²) in [6.07, 6.45) is 41.9. The van der Waals surface area contributed by atoms with Crippen LogP contribution in [-0.4, -0.2) is 98.7 Å². The van der Waals surface area contributed by atoms with Crippen molar-refractivity contribution in [3.8, 4) is 0 Å². The van der Waals surface area contributed by atoms with Gasteiger partial charge in [0.25, 0.3) is 5.91 Å². The third-order valence-electron chi connectivity index (χ3n) is 12.9. The van der Waals surface area contributed by atoms with Crippen molar-refractivity contribution in [1.82, 2.24) is 5.32 Å². The first-order chi connectivity index (χ1) is 31.2. The van der Waals surface area contributed by atoms with E-state index in [-0.39, 0.29) is 6.61 Å². The molecular formula is C54H101NO9. The van der Waals surface area contributed by atoms with Crippen LogP contribution in [0.1, 0.15) is 239 Å². The second-order valence-electron chi connectivity index (χ2n) is 19.0. The Balaban J connectivity index is 2.36. The number of amides is 1. The summed E-state index contributed by atoms with van der Waals surface area (Å²) in [5.74, 6) is -0.702. The summed E-state index contributed by atoms with van der Waals surface area (Å²) in [6.45, 7) is 5.89. The van der Waals surface area contributed by atoms with Gasteiger partial charge in [0, 0.05) is 0 Å². The fourth-order valence-corrected chi connectivity index (χ4v) is 8.49. The molecule has 10 nitrogen and oxygen atoms in total. The summed E-state index contributed by atoms with van der Waals surface area (Å²) >= 11 is 0. The van der Waals surface area contributed by atoms with Gasteiger partial charge in [-0.05, 0) is 58.3 Å². The van der Waals surface area contributed by atoms with Crippen LogP contribution in [0.5, 0.6) is 0 Å². The number of rotatable bonds is 44. The van der Waals surface area contributed by atoms with E-state index in [0.717, 1.165) is 38.5 Å². The molecule has 1 saturated heterocycles. The molecule has 1 rings (SSSR count). The predicted molar refractivity (Wildman–Crippen MR) is 264 cm³/mol. The summed E-state index contributed by atoms with van der Waals surface area (Å²) in [5.41, 5.74) is 1.56. The third kappa shape index (κ3) is 32.1. The first kappa shape index (κ1) is 60.4.